The van der Waals surface area contributed by atoms with Crippen LogP contribution in [0.4, 0.5) is 0 Å². The molecule has 0 fully saturated rings. The Morgan fingerprint density at radius 1 is 1.00 bits per heavy atom. The molecule has 0 aromatic carbocycles. The van der Waals surface area contributed by atoms with Crippen molar-refractivity contribution in [1.29, 1.82) is 5.26 Å². The van der Waals surface area contributed by atoms with Gasteiger partial charge in [-0.15, -0.1) is 0 Å². The fraction of sp³-hybridized carbons (Fsp3) is 0. The van der Waals surface area contributed by atoms with E-state index in [9.17, 15) is 0 Å². The fourth-order valence-electron chi connectivity index (χ4n) is 1.72. The fourth-order valence-corrected chi connectivity index (χ4v) is 1.72. The van der Waals surface area contributed by atoms with Crippen LogP contribution in [0.2, 0.25) is 0 Å². The Morgan fingerprint density at radius 2 is 1.95 bits per heavy atom. The first-order valence-corrected chi connectivity index (χ1v) is 5.70. The van der Waals surface area contributed by atoms with Gasteiger partial charge in [-0.05, 0) is 24.3 Å². The van der Waals surface area contributed by atoms with E-state index in [1.807, 2.05) is 30.3 Å². The van der Waals surface area contributed by atoms with E-state index in [0.29, 0.717) is 11.5 Å². The summed E-state index contributed by atoms with van der Waals surface area (Å²) in [5.74, 6) is 0.708. The van der Waals surface area contributed by atoms with Crippen LogP contribution in [0.1, 0.15) is 5.69 Å². The van der Waals surface area contributed by atoms with Crippen molar-refractivity contribution in [1.82, 2.24) is 19.9 Å². The average molecular weight is 247 g/mol. The van der Waals surface area contributed by atoms with E-state index >= 15 is 0 Å². The quantitative estimate of drug-likeness (QED) is 0.754. The lowest BCUT2D eigenvalue weighted by Gasteiger charge is -1.97. The van der Waals surface area contributed by atoms with Crippen LogP contribution in [-0.2, 0) is 0 Å². The lowest BCUT2D eigenvalue weighted by molar-refractivity contribution is 1.22. The molecule has 0 aliphatic carbocycles. The second-order valence-electron chi connectivity index (χ2n) is 3.90. The zero-order valence-corrected chi connectivity index (χ0v) is 9.91. The molecule has 3 aromatic rings. The third-order valence-corrected chi connectivity index (χ3v) is 2.67. The van der Waals surface area contributed by atoms with Gasteiger partial charge in [-0.25, -0.2) is 9.97 Å². The third-order valence-electron chi connectivity index (χ3n) is 2.67. The van der Waals surface area contributed by atoms with Gasteiger partial charge in [0.1, 0.15) is 17.5 Å². The Balaban J connectivity index is 1.95. The number of hydrogen-bond acceptors (Lipinski definition) is 4. The molecular formula is C14H9N5. The van der Waals surface area contributed by atoms with Gasteiger partial charge in [0.25, 0.3) is 0 Å². The van der Waals surface area contributed by atoms with Crippen molar-refractivity contribution in [3.63, 3.8) is 0 Å². The standard InChI is InChI=1S/C14H9N5/c15-7-11-5-4-10(8-17-11)13-9-18-14(19-13)12-3-1-2-6-16-12/h1-6,8-9H,(H,18,19). The Morgan fingerprint density at radius 3 is 2.63 bits per heavy atom. The molecule has 1 N–H and O–H groups in total. The van der Waals surface area contributed by atoms with Crippen molar-refractivity contribution < 1.29 is 0 Å². The van der Waals surface area contributed by atoms with Crippen LogP contribution < -0.4 is 0 Å². The minimum Gasteiger partial charge on any atom is -0.337 e. The monoisotopic (exact) mass is 247 g/mol. The highest BCUT2D eigenvalue weighted by Crippen LogP contribution is 2.20. The molecule has 0 radical (unpaired) electrons. The number of nitriles is 1. The minimum absolute atomic E-state index is 0.396. The van der Waals surface area contributed by atoms with Crippen LogP contribution in [0.25, 0.3) is 22.8 Å². The molecule has 0 amide bonds. The molecule has 0 aliphatic heterocycles. The zero-order chi connectivity index (χ0) is 13.1. The first-order chi connectivity index (χ1) is 9.36. The lowest BCUT2D eigenvalue weighted by atomic mass is 10.2. The number of nitrogens with zero attached hydrogens (tertiary/aromatic N) is 4. The van der Waals surface area contributed by atoms with Crippen LogP contribution in [0.3, 0.4) is 0 Å². The van der Waals surface area contributed by atoms with Gasteiger partial charge >= 0.3 is 0 Å². The summed E-state index contributed by atoms with van der Waals surface area (Å²) in [6, 6.07) is 11.2. The molecule has 19 heavy (non-hydrogen) atoms. The highest BCUT2D eigenvalue weighted by atomic mass is 14.9. The molecule has 5 heteroatoms. The smallest absolute Gasteiger partial charge is 0.156 e. The predicted octanol–water partition coefficient (Wildman–Crippen LogP) is 2.41. The Kier molecular flexibility index (Phi) is 2.75. The van der Waals surface area contributed by atoms with E-state index in [4.69, 9.17) is 5.26 Å². The third kappa shape index (κ3) is 2.19. The number of rotatable bonds is 2. The Labute approximate surface area is 109 Å². The highest BCUT2D eigenvalue weighted by molar-refractivity contribution is 5.62. The summed E-state index contributed by atoms with van der Waals surface area (Å²) in [7, 11) is 0. The second kappa shape index (κ2) is 4.70. The van der Waals surface area contributed by atoms with Gasteiger partial charge in [0.2, 0.25) is 0 Å². The van der Waals surface area contributed by atoms with Gasteiger partial charge in [-0.1, -0.05) is 6.07 Å². The van der Waals surface area contributed by atoms with Crippen LogP contribution in [0.15, 0.2) is 48.9 Å². The summed E-state index contributed by atoms with van der Waals surface area (Å²) in [5.41, 5.74) is 2.91. The minimum atomic E-state index is 0.396. The van der Waals surface area contributed by atoms with E-state index in [1.165, 1.54) is 0 Å². The summed E-state index contributed by atoms with van der Waals surface area (Å²) in [6.45, 7) is 0. The Bertz CT molecular complexity index is 723. The maximum Gasteiger partial charge on any atom is 0.156 e. The van der Waals surface area contributed by atoms with Crippen molar-refractivity contribution in [2.24, 2.45) is 0 Å². The summed E-state index contributed by atoms with van der Waals surface area (Å²) in [6.07, 6.45) is 5.10. The molecule has 0 atom stereocenters. The van der Waals surface area contributed by atoms with Crippen molar-refractivity contribution in [2.45, 2.75) is 0 Å². The molecule has 0 aliphatic rings. The van der Waals surface area contributed by atoms with Crippen LogP contribution in [0.5, 0.6) is 0 Å². The summed E-state index contributed by atoms with van der Waals surface area (Å²) < 4.78 is 0. The van der Waals surface area contributed by atoms with Crippen molar-refractivity contribution in [2.75, 3.05) is 0 Å². The molecule has 3 rings (SSSR count). The molecule has 90 valence electrons. The van der Waals surface area contributed by atoms with Gasteiger partial charge in [0.15, 0.2) is 5.82 Å². The summed E-state index contributed by atoms with van der Waals surface area (Å²) >= 11 is 0. The van der Waals surface area contributed by atoms with Gasteiger partial charge in [0, 0.05) is 18.0 Å². The number of aromatic amines is 1. The summed E-state index contributed by atoms with van der Waals surface area (Å²) in [5, 5.41) is 8.71. The molecular weight excluding hydrogens is 238 g/mol. The maximum atomic E-state index is 8.71. The van der Waals surface area contributed by atoms with E-state index in [-0.39, 0.29) is 0 Å². The molecule has 0 bridgehead atoms. The first-order valence-electron chi connectivity index (χ1n) is 5.70. The summed E-state index contributed by atoms with van der Waals surface area (Å²) in [4.78, 5) is 15.7. The molecule has 0 unspecified atom stereocenters. The van der Waals surface area contributed by atoms with E-state index in [1.54, 1.807) is 24.7 Å². The van der Waals surface area contributed by atoms with E-state index in [0.717, 1.165) is 17.0 Å². The zero-order valence-electron chi connectivity index (χ0n) is 9.91. The Hall–Kier alpha value is -3.00. The first kappa shape index (κ1) is 11.1. The number of H-pyrrole nitrogens is 1. The van der Waals surface area contributed by atoms with Crippen molar-refractivity contribution >= 4 is 0 Å². The van der Waals surface area contributed by atoms with E-state index in [2.05, 4.69) is 19.9 Å². The largest absolute Gasteiger partial charge is 0.337 e. The molecule has 0 saturated carbocycles. The number of imidazole rings is 1. The van der Waals surface area contributed by atoms with Gasteiger partial charge < -0.3 is 4.98 Å². The van der Waals surface area contributed by atoms with Crippen LogP contribution in [-0.4, -0.2) is 19.9 Å². The van der Waals surface area contributed by atoms with Gasteiger partial charge in [0.05, 0.1) is 11.9 Å². The second-order valence-corrected chi connectivity index (χ2v) is 3.90. The average Bonchev–Trinajstić information content (AvgIpc) is 2.98. The van der Waals surface area contributed by atoms with Crippen molar-refractivity contribution in [3.05, 3.63) is 54.6 Å². The number of hydrogen-bond donors (Lipinski definition) is 1. The van der Waals surface area contributed by atoms with E-state index < -0.39 is 0 Å². The SMILES string of the molecule is N#Cc1ccc(-c2cnc(-c3ccccn3)[nH]2)cn1. The van der Waals surface area contributed by atoms with Crippen LogP contribution >= 0.6 is 0 Å². The normalized spacial score (nSPS) is 10.1. The molecule has 3 aromatic heterocycles. The number of pyridine rings is 2. The number of aromatic nitrogens is 4. The predicted molar refractivity (Wildman–Crippen MR) is 69.8 cm³/mol. The molecule has 0 spiro atoms. The van der Waals surface area contributed by atoms with Crippen LogP contribution in [0, 0.1) is 11.3 Å². The molecule has 5 nitrogen and oxygen atoms in total. The lowest BCUT2D eigenvalue weighted by Crippen LogP contribution is -1.85. The van der Waals surface area contributed by atoms with Gasteiger partial charge in [-0.3, -0.25) is 4.98 Å². The van der Waals surface area contributed by atoms with Gasteiger partial charge in [-0.2, -0.15) is 5.26 Å². The topological polar surface area (TPSA) is 78.2 Å². The molecule has 3 heterocycles. The highest BCUT2D eigenvalue weighted by Gasteiger charge is 2.06. The molecule has 0 saturated heterocycles. The maximum absolute atomic E-state index is 8.71. The van der Waals surface area contributed by atoms with Crippen molar-refractivity contribution in [3.8, 4) is 28.8 Å². The number of nitrogens with one attached hydrogen (secondary N) is 1.